The quantitative estimate of drug-likeness (QED) is 0.767. The molecule has 5 nitrogen and oxygen atoms in total. The van der Waals surface area contributed by atoms with Gasteiger partial charge in [0, 0.05) is 25.1 Å². The number of aryl methyl sites for hydroxylation is 1. The zero-order chi connectivity index (χ0) is 18.9. The van der Waals surface area contributed by atoms with Crippen molar-refractivity contribution in [3.8, 4) is 0 Å². The summed E-state index contributed by atoms with van der Waals surface area (Å²) in [7, 11) is 3.99. The summed E-state index contributed by atoms with van der Waals surface area (Å²) in [6.07, 6.45) is 0.257. The van der Waals surface area contributed by atoms with Crippen LogP contribution in [0.5, 0.6) is 0 Å². The van der Waals surface area contributed by atoms with Gasteiger partial charge in [0.15, 0.2) is 0 Å². The molecule has 1 unspecified atom stereocenters. The first-order valence-corrected chi connectivity index (χ1v) is 8.80. The van der Waals surface area contributed by atoms with E-state index in [0.717, 1.165) is 0 Å². The Morgan fingerprint density at radius 1 is 0.962 bits per heavy atom. The second-order valence-electron chi connectivity index (χ2n) is 6.57. The van der Waals surface area contributed by atoms with Crippen LogP contribution in [0.15, 0.2) is 54.6 Å². The molecule has 1 atom stereocenters. The van der Waals surface area contributed by atoms with Crippen LogP contribution in [0.2, 0.25) is 0 Å². The number of benzene rings is 2. The van der Waals surface area contributed by atoms with Crippen molar-refractivity contribution in [3.63, 3.8) is 0 Å². The van der Waals surface area contributed by atoms with Gasteiger partial charge in [-0.2, -0.15) is 0 Å². The molecular weight excluding hydrogens is 326 g/mol. The first-order valence-electron chi connectivity index (χ1n) is 8.80. The lowest BCUT2D eigenvalue weighted by atomic mass is 10.0. The number of rotatable bonds is 8. The highest BCUT2D eigenvalue weighted by Crippen LogP contribution is 2.17. The van der Waals surface area contributed by atoms with Crippen LogP contribution in [0, 0.1) is 6.92 Å². The van der Waals surface area contributed by atoms with E-state index >= 15 is 0 Å². The van der Waals surface area contributed by atoms with E-state index < -0.39 is 0 Å². The van der Waals surface area contributed by atoms with Crippen LogP contribution in [0.3, 0.4) is 0 Å². The van der Waals surface area contributed by atoms with Crippen LogP contribution in [-0.4, -0.2) is 43.9 Å². The molecular formula is C21H27N3O2. The Hall–Kier alpha value is -2.66. The first-order chi connectivity index (χ1) is 12.5. The molecule has 26 heavy (non-hydrogen) atoms. The summed E-state index contributed by atoms with van der Waals surface area (Å²) in [4.78, 5) is 26.1. The van der Waals surface area contributed by atoms with Crippen LogP contribution in [0.25, 0.3) is 0 Å². The largest absolute Gasteiger partial charge is 0.354 e. The van der Waals surface area contributed by atoms with Crippen molar-refractivity contribution in [1.29, 1.82) is 0 Å². The Labute approximate surface area is 155 Å². The highest BCUT2D eigenvalue weighted by Gasteiger charge is 2.15. The van der Waals surface area contributed by atoms with E-state index in [1.807, 2.05) is 32.3 Å². The molecule has 0 heterocycles. The SMILES string of the molecule is Cc1ccc(C(CNC(=O)CCNC(=O)c2ccccc2)N(C)C)cc1. The maximum absolute atomic E-state index is 12.1. The van der Waals surface area contributed by atoms with Crippen LogP contribution in [0.1, 0.15) is 33.9 Å². The molecule has 0 bridgehead atoms. The lowest BCUT2D eigenvalue weighted by Gasteiger charge is -2.25. The summed E-state index contributed by atoms with van der Waals surface area (Å²) in [5.41, 5.74) is 2.97. The molecule has 0 aliphatic carbocycles. The topological polar surface area (TPSA) is 61.4 Å². The highest BCUT2D eigenvalue weighted by molar-refractivity contribution is 5.94. The molecule has 2 aromatic carbocycles. The van der Waals surface area contributed by atoms with Gasteiger partial charge < -0.3 is 15.5 Å². The standard InChI is InChI=1S/C21H27N3O2/c1-16-9-11-17(12-10-16)19(24(2)3)15-23-20(25)13-14-22-21(26)18-7-5-4-6-8-18/h4-12,19H,13-15H2,1-3H3,(H,22,26)(H,23,25). The van der Waals surface area contributed by atoms with E-state index in [0.29, 0.717) is 18.7 Å². The molecule has 2 amide bonds. The molecule has 2 N–H and O–H groups in total. The molecule has 0 aromatic heterocycles. The third-order valence-corrected chi connectivity index (χ3v) is 4.25. The van der Waals surface area contributed by atoms with E-state index in [9.17, 15) is 9.59 Å². The fourth-order valence-corrected chi connectivity index (χ4v) is 2.67. The second kappa shape index (κ2) is 9.73. The average molecular weight is 353 g/mol. The van der Waals surface area contributed by atoms with Crippen molar-refractivity contribution in [3.05, 3.63) is 71.3 Å². The number of nitrogens with zero attached hydrogens (tertiary/aromatic N) is 1. The monoisotopic (exact) mass is 353 g/mol. The van der Waals surface area contributed by atoms with Crippen LogP contribution in [0.4, 0.5) is 0 Å². The minimum atomic E-state index is -0.163. The molecule has 0 saturated heterocycles. The summed E-state index contributed by atoms with van der Waals surface area (Å²) < 4.78 is 0. The van der Waals surface area contributed by atoms with Gasteiger partial charge in [-0.25, -0.2) is 0 Å². The Kier molecular flexibility index (Phi) is 7.36. The summed E-state index contributed by atoms with van der Waals surface area (Å²) in [5.74, 6) is -0.235. The van der Waals surface area contributed by atoms with Gasteiger partial charge in [-0.15, -0.1) is 0 Å². The maximum Gasteiger partial charge on any atom is 0.251 e. The number of hydrogen-bond donors (Lipinski definition) is 2. The van der Waals surface area contributed by atoms with Gasteiger partial charge in [-0.1, -0.05) is 48.0 Å². The highest BCUT2D eigenvalue weighted by atomic mass is 16.2. The predicted molar refractivity (Wildman–Crippen MR) is 104 cm³/mol. The molecule has 0 spiro atoms. The first kappa shape index (κ1) is 19.7. The van der Waals surface area contributed by atoms with Crippen LogP contribution >= 0.6 is 0 Å². The number of amides is 2. The third kappa shape index (κ3) is 6.01. The third-order valence-electron chi connectivity index (χ3n) is 4.25. The number of hydrogen-bond acceptors (Lipinski definition) is 3. The summed E-state index contributed by atoms with van der Waals surface area (Å²) in [5, 5.41) is 5.73. The van der Waals surface area contributed by atoms with Crippen LogP contribution < -0.4 is 10.6 Å². The zero-order valence-corrected chi connectivity index (χ0v) is 15.7. The van der Waals surface area contributed by atoms with E-state index in [4.69, 9.17) is 0 Å². The number of carbonyl (C=O) groups excluding carboxylic acids is 2. The fraction of sp³-hybridized carbons (Fsp3) is 0.333. The van der Waals surface area contributed by atoms with Crippen molar-refractivity contribution in [1.82, 2.24) is 15.5 Å². The van der Waals surface area contributed by atoms with E-state index in [-0.39, 0.29) is 24.3 Å². The number of carbonyl (C=O) groups is 2. The van der Waals surface area contributed by atoms with Gasteiger partial charge in [0.25, 0.3) is 5.91 Å². The molecule has 0 radical (unpaired) electrons. The smallest absolute Gasteiger partial charge is 0.251 e. The minimum absolute atomic E-state index is 0.0719. The van der Waals surface area contributed by atoms with Crippen molar-refractivity contribution in [2.24, 2.45) is 0 Å². The lowest BCUT2D eigenvalue weighted by molar-refractivity contribution is -0.121. The molecule has 0 aliphatic rings. The van der Waals surface area contributed by atoms with Gasteiger partial charge in [-0.05, 0) is 38.7 Å². The van der Waals surface area contributed by atoms with Gasteiger partial charge in [-0.3, -0.25) is 9.59 Å². The van der Waals surface area contributed by atoms with Gasteiger partial charge >= 0.3 is 0 Å². The van der Waals surface area contributed by atoms with E-state index in [1.165, 1.54) is 11.1 Å². The zero-order valence-electron chi connectivity index (χ0n) is 15.7. The van der Waals surface area contributed by atoms with Crippen molar-refractivity contribution in [2.75, 3.05) is 27.2 Å². The molecule has 0 fully saturated rings. The van der Waals surface area contributed by atoms with E-state index in [1.54, 1.807) is 12.1 Å². The lowest BCUT2D eigenvalue weighted by Crippen LogP contribution is -2.36. The van der Waals surface area contributed by atoms with Crippen molar-refractivity contribution in [2.45, 2.75) is 19.4 Å². The molecule has 5 heteroatoms. The van der Waals surface area contributed by atoms with Gasteiger partial charge in [0.2, 0.25) is 5.91 Å². The summed E-state index contributed by atoms with van der Waals surface area (Å²) in [6, 6.07) is 17.4. The van der Waals surface area contributed by atoms with Crippen LogP contribution in [-0.2, 0) is 4.79 Å². The molecule has 0 saturated carbocycles. The number of nitrogens with one attached hydrogen (secondary N) is 2. The predicted octanol–water partition coefficient (Wildman–Crippen LogP) is 2.53. The molecule has 2 aromatic rings. The Morgan fingerprint density at radius 3 is 2.23 bits per heavy atom. The Morgan fingerprint density at radius 2 is 1.62 bits per heavy atom. The molecule has 0 aliphatic heterocycles. The Bertz CT molecular complexity index is 712. The molecule has 138 valence electrons. The fourth-order valence-electron chi connectivity index (χ4n) is 2.67. The van der Waals surface area contributed by atoms with Gasteiger partial charge in [0.05, 0.1) is 6.04 Å². The maximum atomic E-state index is 12.1. The van der Waals surface area contributed by atoms with Gasteiger partial charge in [0.1, 0.15) is 0 Å². The molecule has 2 rings (SSSR count). The van der Waals surface area contributed by atoms with Crippen molar-refractivity contribution < 1.29 is 9.59 Å². The normalized spacial score (nSPS) is 11.8. The van der Waals surface area contributed by atoms with E-state index in [2.05, 4.69) is 46.7 Å². The average Bonchev–Trinajstić information content (AvgIpc) is 2.63. The number of likely N-dealkylation sites (N-methyl/N-ethyl adjacent to an activating group) is 1. The second-order valence-corrected chi connectivity index (χ2v) is 6.57. The van der Waals surface area contributed by atoms with Crippen molar-refractivity contribution >= 4 is 11.8 Å². The summed E-state index contributed by atoms with van der Waals surface area (Å²) >= 11 is 0. The minimum Gasteiger partial charge on any atom is -0.354 e. The summed E-state index contributed by atoms with van der Waals surface area (Å²) in [6.45, 7) is 2.90. The Balaban J connectivity index is 1.77.